The summed E-state index contributed by atoms with van der Waals surface area (Å²) in [6.07, 6.45) is 12.8. The number of hydrogen-bond donors (Lipinski definition) is 2. The number of rotatable bonds is 4. The molecule has 4 heteroatoms. The van der Waals surface area contributed by atoms with Crippen molar-refractivity contribution in [1.29, 1.82) is 0 Å². The molecule has 29 heavy (non-hydrogen) atoms. The summed E-state index contributed by atoms with van der Waals surface area (Å²) in [5.74, 6) is 1.36. The molecule has 1 aromatic rings. The van der Waals surface area contributed by atoms with Crippen molar-refractivity contribution in [3.05, 3.63) is 34.9 Å². The van der Waals surface area contributed by atoms with Crippen LogP contribution in [0, 0.1) is 17.8 Å². The molecule has 1 unspecified atom stereocenters. The Bertz CT molecular complexity index is 780. The van der Waals surface area contributed by atoms with E-state index in [1.165, 1.54) is 43.2 Å². The summed E-state index contributed by atoms with van der Waals surface area (Å²) in [5.41, 5.74) is 3.88. The molecule has 2 N–H and O–H groups in total. The Morgan fingerprint density at radius 2 is 1.59 bits per heavy atom. The minimum Gasteiger partial charge on any atom is -0.342 e. The van der Waals surface area contributed by atoms with Crippen LogP contribution in [-0.4, -0.2) is 17.4 Å². The maximum atomic E-state index is 12.8. The zero-order valence-electron chi connectivity index (χ0n) is 17.6. The molecule has 4 nitrogen and oxygen atoms in total. The Hall–Kier alpha value is -1.84. The van der Waals surface area contributed by atoms with Gasteiger partial charge in [0.2, 0.25) is 0 Å². The van der Waals surface area contributed by atoms with Crippen molar-refractivity contribution in [3.63, 3.8) is 0 Å². The molecule has 0 aromatic heterocycles. The van der Waals surface area contributed by atoms with Gasteiger partial charge in [-0.05, 0) is 105 Å². The van der Waals surface area contributed by atoms with Gasteiger partial charge in [0.05, 0.1) is 6.04 Å². The van der Waals surface area contributed by atoms with Crippen molar-refractivity contribution in [3.8, 4) is 0 Å². The first-order valence-electron chi connectivity index (χ1n) is 11.8. The molecule has 6 rings (SSSR count). The fourth-order valence-electron chi connectivity index (χ4n) is 7.18. The highest BCUT2D eigenvalue weighted by Gasteiger charge is 2.51. The van der Waals surface area contributed by atoms with Gasteiger partial charge in [-0.3, -0.25) is 9.59 Å². The fraction of sp³-hybridized carbons (Fsp3) is 0.680. The maximum absolute atomic E-state index is 12.8. The number of fused-ring (bicyclic) bond motifs is 1. The number of carbonyl (C=O) groups is 2. The molecule has 0 spiro atoms. The van der Waals surface area contributed by atoms with Crippen LogP contribution in [0.2, 0.25) is 0 Å². The third-order valence-corrected chi connectivity index (χ3v) is 8.11. The van der Waals surface area contributed by atoms with Crippen LogP contribution in [0.1, 0.15) is 87.4 Å². The van der Waals surface area contributed by atoms with E-state index in [-0.39, 0.29) is 11.6 Å². The Labute approximate surface area is 174 Å². The highest BCUT2D eigenvalue weighted by atomic mass is 16.2. The fourth-order valence-corrected chi connectivity index (χ4v) is 7.18. The largest absolute Gasteiger partial charge is 0.342 e. The quantitative estimate of drug-likeness (QED) is 0.751. The second-order valence-corrected chi connectivity index (χ2v) is 10.3. The molecule has 0 heterocycles. The lowest BCUT2D eigenvalue weighted by atomic mass is 9.53. The van der Waals surface area contributed by atoms with E-state index in [2.05, 4.69) is 35.8 Å². The van der Waals surface area contributed by atoms with E-state index in [1.54, 1.807) is 0 Å². The third-order valence-electron chi connectivity index (χ3n) is 8.11. The lowest BCUT2D eigenvalue weighted by Gasteiger charge is -2.56. The first-order valence-corrected chi connectivity index (χ1v) is 11.8. The summed E-state index contributed by atoms with van der Waals surface area (Å²) in [6.45, 7) is 2.07. The minimum absolute atomic E-state index is 0.100. The SMILES string of the molecule is CCC(NC(=O)C(=O)NC12CC3CC(CC(C3)C1)C2)c1ccc2c(c1)CCCC2. The van der Waals surface area contributed by atoms with Crippen molar-refractivity contribution in [2.45, 2.75) is 89.1 Å². The summed E-state index contributed by atoms with van der Waals surface area (Å²) < 4.78 is 0. The van der Waals surface area contributed by atoms with Gasteiger partial charge in [0.25, 0.3) is 0 Å². The Balaban J connectivity index is 1.25. The molecule has 4 saturated carbocycles. The molecule has 2 amide bonds. The first-order chi connectivity index (χ1) is 14.0. The monoisotopic (exact) mass is 394 g/mol. The Morgan fingerprint density at radius 3 is 2.21 bits per heavy atom. The van der Waals surface area contributed by atoms with Gasteiger partial charge in [-0.1, -0.05) is 25.1 Å². The van der Waals surface area contributed by atoms with Crippen LogP contribution in [0.4, 0.5) is 0 Å². The lowest BCUT2D eigenvalue weighted by Crippen LogP contribution is -2.61. The van der Waals surface area contributed by atoms with Crippen LogP contribution in [0.5, 0.6) is 0 Å². The molecule has 0 saturated heterocycles. The molecule has 4 fully saturated rings. The molecule has 4 bridgehead atoms. The summed E-state index contributed by atoms with van der Waals surface area (Å²) in [7, 11) is 0. The van der Waals surface area contributed by atoms with E-state index in [0.717, 1.165) is 61.8 Å². The van der Waals surface area contributed by atoms with E-state index in [0.29, 0.717) is 0 Å². The molecular formula is C25H34N2O2. The summed E-state index contributed by atoms with van der Waals surface area (Å²) in [4.78, 5) is 25.6. The predicted octanol–water partition coefficient (Wildman–Crippen LogP) is 4.22. The topological polar surface area (TPSA) is 58.2 Å². The number of carbonyl (C=O) groups excluding carboxylic acids is 2. The number of hydrogen-bond acceptors (Lipinski definition) is 2. The van der Waals surface area contributed by atoms with E-state index in [4.69, 9.17) is 0 Å². The van der Waals surface area contributed by atoms with E-state index in [1.807, 2.05) is 0 Å². The molecular weight excluding hydrogens is 360 g/mol. The molecule has 1 aromatic carbocycles. The van der Waals surface area contributed by atoms with Crippen molar-refractivity contribution in [1.82, 2.24) is 10.6 Å². The summed E-state index contributed by atoms with van der Waals surface area (Å²) in [6, 6.07) is 6.50. The molecule has 5 aliphatic carbocycles. The molecule has 1 atom stereocenters. The second kappa shape index (κ2) is 7.45. The Morgan fingerprint density at radius 1 is 0.966 bits per heavy atom. The van der Waals surface area contributed by atoms with Crippen molar-refractivity contribution in [2.24, 2.45) is 17.8 Å². The zero-order valence-corrected chi connectivity index (χ0v) is 17.6. The van der Waals surface area contributed by atoms with Crippen LogP contribution in [0.3, 0.4) is 0 Å². The molecule has 0 radical (unpaired) electrons. The van der Waals surface area contributed by atoms with Gasteiger partial charge in [0.15, 0.2) is 0 Å². The van der Waals surface area contributed by atoms with E-state index < -0.39 is 11.8 Å². The van der Waals surface area contributed by atoms with Crippen LogP contribution < -0.4 is 10.6 Å². The van der Waals surface area contributed by atoms with Crippen LogP contribution in [0.15, 0.2) is 18.2 Å². The average molecular weight is 395 g/mol. The van der Waals surface area contributed by atoms with Gasteiger partial charge in [0.1, 0.15) is 0 Å². The van der Waals surface area contributed by atoms with Crippen molar-refractivity contribution in [2.75, 3.05) is 0 Å². The van der Waals surface area contributed by atoms with Gasteiger partial charge < -0.3 is 10.6 Å². The lowest BCUT2D eigenvalue weighted by molar-refractivity contribution is -0.143. The highest BCUT2D eigenvalue weighted by Crippen LogP contribution is 2.55. The van der Waals surface area contributed by atoms with Gasteiger partial charge in [-0.25, -0.2) is 0 Å². The van der Waals surface area contributed by atoms with Gasteiger partial charge in [-0.15, -0.1) is 0 Å². The van der Waals surface area contributed by atoms with Crippen molar-refractivity contribution < 1.29 is 9.59 Å². The minimum atomic E-state index is -0.467. The summed E-state index contributed by atoms with van der Waals surface area (Å²) >= 11 is 0. The molecule has 5 aliphatic rings. The number of aryl methyl sites for hydroxylation is 2. The zero-order chi connectivity index (χ0) is 20.0. The highest BCUT2D eigenvalue weighted by molar-refractivity contribution is 6.35. The van der Waals surface area contributed by atoms with Crippen LogP contribution >= 0.6 is 0 Å². The van der Waals surface area contributed by atoms with Gasteiger partial charge >= 0.3 is 11.8 Å². The van der Waals surface area contributed by atoms with Crippen molar-refractivity contribution >= 4 is 11.8 Å². The van der Waals surface area contributed by atoms with Gasteiger partial charge in [-0.2, -0.15) is 0 Å². The number of amides is 2. The first kappa shape index (κ1) is 19.1. The van der Waals surface area contributed by atoms with E-state index in [9.17, 15) is 9.59 Å². The number of benzene rings is 1. The number of nitrogens with one attached hydrogen (secondary N) is 2. The predicted molar refractivity (Wildman–Crippen MR) is 113 cm³/mol. The average Bonchev–Trinajstić information content (AvgIpc) is 2.70. The van der Waals surface area contributed by atoms with Gasteiger partial charge in [0, 0.05) is 5.54 Å². The molecule has 156 valence electrons. The van der Waals surface area contributed by atoms with E-state index >= 15 is 0 Å². The normalized spacial score (nSPS) is 33.1. The van der Waals surface area contributed by atoms with Crippen LogP contribution in [-0.2, 0) is 22.4 Å². The third kappa shape index (κ3) is 3.71. The second-order valence-electron chi connectivity index (χ2n) is 10.3. The summed E-state index contributed by atoms with van der Waals surface area (Å²) in [5, 5.41) is 6.23. The smallest absolute Gasteiger partial charge is 0.309 e. The maximum Gasteiger partial charge on any atom is 0.309 e. The Kier molecular flexibility index (Phi) is 4.92. The molecule has 0 aliphatic heterocycles. The standard InChI is InChI=1S/C25H34N2O2/c1-2-22(21-8-7-19-5-3-4-6-20(19)12-21)26-23(28)24(29)27-25-13-16-9-17(14-25)11-18(10-16)15-25/h7-8,12,16-18,22H,2-6,9-11,13-15H2,1H3,(H,26,28)(H,27,29). The van der Waals surface area contributed by atoms with Crippen LogP contribution in [0.25, 0.3) is 0 Å².